The Hall–Kier alpha value is -0.650. The number of ether oxygens (including phenoxy) is 2. The number of carbonyl (C=O) groups is 1. The van der Waals surface area contributed by atoms with Crippen molar-refractivity contribution >= 4 is 5.97 Å². The summed E-state index contributed by atoms with van der Waals surface area (Å²) in [6.07, 6.45) is 2.91. The fraction of sp³-hybridized carbons (Fsp3) is 0.917. The van der Waals surface area contributed by atoms with Crippen LogP contribution in [0.2, 0.25) is 0 Å². The van der Waals surface area contributed by atoms with Gasteiger partial charge < -0.3 is 15.2 Å². The highest BCUT2D eigenvalue weighted by Gasteiger charge is 2.38. The molecule has 98 valence electrons. The van der Waals surface area contributed by atoms with Crippen LogP contribution in [0, 0.1) is 0 Å². The first-order chi connectivity index (χ1) is 8.01. The van der Waals surface area contributed by atoms with Gasteiger partial charge in [0.05, 0.1) is 18.8 Å². The summed E-state index contributed by atoms with van der Waals surface area (Å²) in [6.45, 7) is 6.21. The smallest absolute Gasteiger partial charge is 0.327 e. The van der Waals surface area contributed by atoms with Crippen molar-refractivity contribution in [2.24, 2.45) is 5.73 Å². The molecule has 3 atom stereocenters. The molecule has 0 amide bonds. The summed E-state index contributed by atoms with van der Waals surface area (Å²) >= 11 is 0. The summed E-state index contributed by atoms with van der Waals surface area (Å²) < 4.78 is 10.7. The van der Waals surface area contributed by atoms with E-state index in [9.17, 15) is 4.79 Å². The summed E-state index contributed by atoms with van der Waals surface area (Å²) in [6, 6.07) is 0. The molecule has 2 saturated heterocycles. The van der Waals surface area contributed by atoms with E-state index < -0.39 is 5.54 Å². The molecule has 17 heavy (non-hydrogen) atoms. The Labute approximate surface area is 102 Å². The van der Waals surface area contributed by atoms with Gasteiger partial charge in [0, 0.05) is 19.6 Å². The molecular formula is C12H22N2O3. The largest absolute Gasteiger partial charge is 0.465 e. The molecule has 5 heteroatoms. The van der Waals surface area contributed by atoms with Crippen molar-refractivity contribution in [3.8, 4) is 0 Å². The number of hydrogen-bond acceptors (Lipinski definition) is 5. The first-order valence-corrected chi connectivity index (χ1v) is 6.35. The van der Waals surface area contributed by atoms with Crippen molar-refractivity contribution in [3.63, 3.8) is 0 Å². The van der Waals surface area contributed by atoms with Crippen molar-refractivity contribution < 1.29 is 14.3 Å². The predicted octanol–water partition coefficient (Wildman–Crippen LogP) is 0.130. The number of nitrogens with two attached hydrogens (primary N) is 1. The van der Waals surface area contributed by atoms with Gasteiger partial charge in [-0.3, -0.25) is 9.69 Å². The Morgan fingerprint density at radius 3 is 2.59 bits per heavy atom. The van der Waals surface area contributed by atoms with Crippen molar-refractivity contribution in [3.05, 3.63) is 0 Å². The Morgan fingerprint density at radius 1 is 1.47 bits per heavy atom. The highest BCUT2D eigenvalue weighted by molar-refractivity contribution is 5.80. The zero-order valence-electron chi connectivity index (χ0n) is 10.6. The maximum absolute atomic E-state index is 11.7. The summed E-state index contributed by atoms with van der Waals surface area (Å²) in [4.78, 5) is 13.9. The third kappa shape index (κ3) is 2.97. The third-order valence-electron chi connectivity index (χ3n) is 3.41. The lowest BCUT2D eigenvalue weighted by Crippen LogP contribution is -2.57. The highest BCUT2D eigenvalue weighted by Crippen LogP contribution is 2.26. The third-order valence-corrected chi connectivity index (χ3v) is 3.41. The Morgan fingerprint density at radius 2 is 2.06 bits per heavy atom. The number of rotatable bonds is 4. The Kier molecular flexibility index (Phi) is 3.70. The molecule has 3 unspecified atom stereocenters. The monoisotopic (exact) mass is 242 g/mol. The molecule has 0 aliphatic carbocycles. The second kappa shape index (κ2) is 4.92. The normalized spacial score (nSPS) is 32.2. The molecule has 2 aliphatic rings. The minimum Gasteiger partial charge on any atom is -0.465 e. The first kappa shape index (κ1) is 12.8. The summed E-state index contributed by atoms with van der Waals surface area (Å²) in [7, 11) is 0. The molecular weight excluding hydrogens is 220 g/mol. The number of likely N-dealkylation sites (tertiary alicyclic amines) is 1. The van der Waals surface area contributed by atoms with E-state index in [0.29, 0.717) is 25.4 Å². The van der Waals surface area contributed by atoms with Gasteiger partial charge in [0.1, 0.15) is 5.54 Å². The average Bonchev–Trinajstić information content (AvgIpc) is 2.58. The maximum Gasteiger partial charge on any atom is 0.327 e. The van der Waals surface area contributed by atoms with Crippen LogP contribution in [0.5, 0.6) is 0 Å². The van der Waals surface area contributed by atoms with E-state index in [1.165, 1.54) is 0 Å². The molecule has 0 aromatic rings. The number of hydrogen-bond donors (Lipinski definition) is 1. The van der Waals surface area contributed by atoms with Crippen LogP contribution >= 0.6 is 0 Å². The summed E-state index contributed by atoms with van der Waals surface area (Å²) in [5.74, 6) is -0.321. The van der Waals surface area contributed by atoms with Crippen LogP contribution in [-0.4, -0.2) is 54.9 Å². The topological polar surface area (TPSA) is 64.8 Å². The second-order valence-corrected chi connectivity index (χ2v) is 5.29. The Bertz CT molecular complexity index is 281. The molecule has 2 bridgehead atoms. The average molecular weight is 242 g/mol. The van der Waals surface area contributed by atoms with Crippen LogP contribution < -0.4 is 5.73 Å². The number of esters is 1. The number of nitrogens with zero attached hydrogens (tertiary/aromatic N) is 1. The van der Waals surface area contributed by atoms with Crippen LogP contribution in [0.3, 0.4) is 0 Å². The van der Waals surface area contributed by atoms with E-state index in [4.69, 9.17) is 15.2 Å². The minimum absolute atomic E-state index is 0.321. The molecule has 2 fully saturated rings. The quantitative estimate of drug-likeness (QED) is 0.710. The number of morpholine rings is 1. The van der Waals surface area contributed by atoms with Crippen molar-refractivity contribution in [2.45, 2.75) is 44.4 Å². The zero-order valence-corrected chi connectivity index (χ0v) is 10.6. The van der Waals surface area contributed by atoms with E-state index in [1.807, 2.05) is 0 Å². The molecule has 2 rings (SSSR count). The van der Waals surface area contributed by atoms with E-state index in [0.717, 1.165) is 25.9 Å². The second-order valence-electron chi connectivity index (χ2n) is 5.29. The van der Waals surface area contributed by atoms with Crippen LogP contribution in [0.4, 0.5) is 0 Å². The maximum atomic E-state index is 11.7. The van der Waals surface area contributed by atoms with Crippen LogP contribution in [0.15, 0.2) is 0 Å². The molecule has 0 aromatic heterocycles. The number of carbonyl (C=O) groups excluding carboxylic acids is 1. The first-order valence-electron chi connectivity index (χ1n) is 6.35. The van der Waals surface area contributed by atoms with Crippen molar-refractivity contribution in [1.82, 2.24) is 4.90 Å². The Balaban J connectivity index is 1.89. The zero-order chi connectivity index (χ0) is 12.5. The van der Waals surface area contributed by atoms with Gasteiger partial charge in [-0.1, -0.05) is 0 Å². The van der Waals surface area contributed by atoms with Gasteiger partial charge in [0.25, 0.3) is 0 Å². The minimum atomic E-state index is -0.924. The van der Waals surface area contributed by atoms with Gasteiger partial charge in [-0.25, -0.2) is 0 Å². The fourth-order valence-electron chi connectivity index (χ4n) is 2.65. The van der Waals surface area contributed by atoms with Crippen molar-refractivity contribution in [1.29, 1.82) is 0 Å². The van der Waals surface area contributed by atoms with E-state index >= 15 is 0 Å². The van der Waals surface area contributed by atoms with E-state index in [1.54, 1.807) is 13.8 Å². The SMILES string of the molecule is CCOC(=O)C(C)(N)CN1CC2CCC(C1)O2. The molecule has 2 heterocycles. The highest BCUT2D eigenvalue weighted by atomic mass is 16.5. The molecule has 5 nitrogen and oxygen atoms in total. The van der Waals surface area contributed by atoms with E-state index in [2.05, 4.69) is 4.90 Å². The molecule has 0 aromatic carbocycles. The predicted molar refractivity (Wildman–Crippen MR) is 63.6 cm³/mol. The van der Waals surface area contributed by atoms with Crippen LogP contribution in [0.25, 0.3) is 0 Å². The van der Waals surface area contributed by atoms with Gasteiger partial charge in [-0.2, -0.15) is 0 Å². The standard InChI is InChI=1S/C12H22N2O3/c1-3-16-11(15)12(2,13)8-14-6-9-4-5-10(7-14)17-9/h9-10H,3-8,13H2,1-2H3. The van der Waals surface area contributed by atoms with Crippen LogP contribution in [-0.2, 0) is 14.3 Å². The fourth-order valence-corrected chi connectivity index (χ4v) is 2.65. The molecule has 0 radical (unpaired) electrons. The van der Waals surface area contributed by atoms with Gasteiger partial charge in [-0.05, 0) is 26.7 Å². The number of fused-ring (bicyclic) bond motifs is 2. The van der Waals surface area contributed by atoms with Crippen LogP contribution in [0.1, 0.15) is 26.7 Å². The summed E-state index contributed by atoms with van der Waals surface area (Å²) in [5, 5.41) is 0. The summed E-state index contributed by atoms with van der Waals surface area (Å²) in [5.41, 5.74) is 5.11. The van der Waals surface area contributed by atoms with Gasteiger partial charge in [0.15, 0.2) is 0 Å². The van der Waals surface area contributed by atoms with Crippen molar-refractivity contribution in [2.75, 3.05) is 26.2 Å². The lowest BCUT2D eigenvalue weighted by Gasteiger charge is -2.36. The van der Waals surface area contributed by atoms with Gasteiger partial charge in [-0.15, -0.1) is 0 Å². The molecule has 2 aliphatic heterocycles. The van der Waals surface area contributed by atoms with Gasteiger partial charge in [0.2, 0.25) is 0 Å². The van der Waals surface area contributed by atoms with Gasteiger partial charge >= 0.3 is 5.97 Å². The molecule has 2 N–H and O–H groups in total. The molecule has 0 spiro atoms. The molecule has 0 saturated carbocycles. The lowest BCUT2D eigenvalue weighted by atomic mass is 10.0. The van der Waals surface area contributed by atoms with E-state index in [-0.39, 0.29) is 5.97 Å². The lowest BCUT2D eigenvalue weighted by molar-refractivity contribution is -0.150.